The van der Waals surface area contributed by atoms with Crippen LogP contribution in [-0.2, 0) is 19.4 Å². The molecule has 20 heavy (non-hydrogen) atoms. The number of carboxylic acid groups (broad SMARTS) is 1. The Kier molecular flexibility index (Phi) is 3.97. The number of amides is 1. The Morgan fingerprint density at radius 3 is 2.25 bits per heavy atom. The maximum Gasteiger partial charge on any atom is 0.328 e. The van der Waals surface area contributed by atoms with Crippen LogP contribution in [0, 0.1) is 0 Å². The van der Waals surface area contributed by atoms with Crippen molar-refractivity contribution in [2.24, 2.45) is 4.99 Å². The van der Waals surface area contributed by atoms with Crippen molar-refractivity contribution >= 4 is 39.8 Å². The van der Waals surface area contributed by atoms with Crippen molar-refractivity contribution in [3.63, 3.8) is 0 Å². The smallest absolute Gasteiger partial charge is 0.328 e. The van der Waals surface area contributed by atoms with Crippen molar-refractivity contribution < 1.29 is 23.1 Å². The Morgan fingerprint density at radius 2 is 1.85 bits per heavy atom. The first-order chi connectivity index (χ1) is 8.53. The van der Waals surface area contributed by atoms with E-state index in [2.05, 4.69) is 4.99 Å². The molecule has 9 heteroatoms. The van der Waals surface area contributed by atoms with Crippen molar-refractivity contribution in [1.82, 2.24) is 4.90 Å². The van der Waals surface area contributed by atoms with Crippen LogP contribution in [0.25, 0.3) is 0 Å². The number of nitrogens with zero attached hydrogens (tertiary/aromatic N) is 2. The molecule has 7 nitrogen and oxygen atoms in total. The summed E-state index contributed by atoms with van der Waals surface area (Å²) in [7, 11) is -3.77. The topological polar surface area (TPSA) is 104 Å². The highest BCUT2D eigenvalue weighted by Gasteiger charge is 2.72. The average molecular weight is 325 g/mol. The van der Waals surface area contributed by atoms with Gasteiger partial charge in [-0.05, 0) is 27.7 Å². The molecule has 2 aliphatic heterocycles. The van der Waals surface area contributed by atoms with Crippen molar-refractivity contribution in [2.45, 2.75) is 49.9 Å². The molecule has 2 heterocycles. The fourth-order valence-electron chi connectivity index (χ4n) is 2.68. The Hall–Kier alpha value is -1.15. The molecule has 2 fully saturated rings. The number of aliphatic imine (C=N–C) groups is 1. The first-order valence-electron chi connectivity index (χ1n) is 5.83. The third-order valence-corrected chi connectivity index (χ3v) is 6.48. The number of fused-ring (bicyclic) bond motifs is 1. The minimum atomic E-state index is -3.77. The van der Waals surface area contributed by atoms with E-state index in [0.29, 0.717) is 5.71 Å². The molecule has 0 aromatic heterocycles. The molecule has 0 bridgehead atoms. The fraction of sp³-hybridized carbons (Fsp3) is 0.727. The second-order valence-corrected chi connectivity index (χ2v) is 8.17. The van der Waals surface area contributed by atoms with Crippen molar-refractivity contribution in [2.75, 3.05) is 0 Å². The number of carbonyl (C=O) groups is 2. The number of β-lactam (4-membered cyclic amide) rings is 1. The maximum absolute atomic E-state index is 12.4. The lowest BCUT2D eigenvalue weighted by Gasteiger charge is -2.40. The van der Waals surface area contributed by atoms with Gasteiger partial charge in [-0.1, -0.05) is 0 Å². The van der Waals surface area contributed by atoms with Gasteiger partial charge in [0.2, 0.25) is 0 Å². The number of carbonyl (C=O) groups excluding carboxylic acids is 1. The van der Waals surface area contributed by atoms with Crippen LogP contribution < -0.4 is 0 Å². The van der Waals surface area contributed by atoms with E-state index in [4.69, 9.17) is 0 Å². The molecule has 114 valence electrons. The molecule has 2 saturated heterocycles. The summed E-state index contributed by atoms with van der Waals surface area (Å²) in [6.45, 7) is 6.01. The van der Waals surface area contributed by atoms with Gasteiger partial charge in [-0.2, -0.15) is 0 Å². The monoisotopic (exact) mass is 324 g/mol. The Morgan fingerprint density at radius 1 is 1.35 bits per heavy atom. The molecule has 1 N–H and O–H groups in total. The van der Waals surface area contributed by atoms with E-state index in [0.717, 1.165) is 4.90 Å². The van der Waals surface area contributed by atoms with Gasteiger partial charge in [0.25, 0.3) is 5.91 Å². The van der Waals surface area contributed by atoms with Gasteiger partial charge >= 0.3 is 5.97 Å². The first kappa shape index (κ1) is 16.9. The van der Waals surface area contributed by atoms with Crippen LogP contribution in [0.15, 0.2) is 4.99 Å². The van der Waals surface area contributed by atoms with Gasteiger partial charge in [0.15, 0.2) is 21.3 Å². The number of sulfone groups is 1. The van der Waals surface area contributed by atoms with E-state index in [-0.39, 0.29) is 12.4 Å². The standard InChI is InChI=1S/C11H16N2O5S.ClH/c1-5(2)12-6-8(14)13-7(10(15)16)11(3,4)19(17,18)9(6)13;/h6-7,9H,1-4H3,(H,15,16);1H/t6?,7?,9-;/m0./s1. The Bertz CT molecular complexity index is 594. The molecule has 0 aliphatic carbocycles. The van der Waals surface area contributed by atoms with Crippen molar-refractivity contribution in [3.05, 3.63) is 0 Å². The molecular weight excluding hydrogens is 308 g/mol. The van der Waals surface area contributed by atoms with Gasteiger partial charge in [0.05, 0.1) is 0 Å². The highest BCUT2D eigenvalue weighted by atomic mass is 35.5. The number of rotatable bonds is 2. The number of aliphatic carboxylic acids is 1. The summed E-state index contributed by atoms with van der Waals surface area (Å²) in [6.07, 6.45) is 0. The van der Waals surface area contributed by atoms with E-state index in [1.165, 1.54) is 13.8 Å². The number of carboxylic acids is 1. The lowest BCUT2D eigenvalue weighted by atomic mass is 9.96. The zero-order valence-corrected chi connectivity index (χ0v) is 13.2. The average Bonchev–Trinajstić information content (AvgIpc) is 2.38. The summed E-state index contributed by atoms with van der Waals surface area (Å²) in [5, 5.41) is 8.05. The van der Waals surface area contributed by atoms with Crippen LogP contribution in [-0.4, -0.2) is 58.2 Å². The summed E-state index contributed by atoms with van der Waals surface area (Å²) >= 11 is 0. The highest BCUT2D eigenvalue weighted by molar-refractivity contribution is 7.94. The van der Waals surface area contributed by atoms with Gasteiger partial charge in [-0.3, -0.25) is 9.79 Å². The molecule has 2 aliphatic rings. The fourth-order valence-corrected chi connectivity index (χ4v) is 4.87. The van der Waals surface area contributed by atoms with Gasteiger partial charge in [-0.25, -0.2) is 13.2 Å². The molecular formula is C11H17ClN2O5S. The van der Waals surface area contributed by atoms with Crippen LogP contribution in [0.1, 0.15) is 27.7 Å². The van der Waals surface area contributed by atoms with E-state index in [1.54, 1.807) is 13.8 Å². The maximum atomic E-state index is 12.4. The van der Waals surface area contributed by atoms with Gasteiger partial charge in [-0.15, -0.1) is 12.4 Å². The van der Waals surface area contributed by atoms with E-state index in [1.807, 2.05) is 0 Å². The zero-order valence-electron chi connectivity index (χ0n) is 11.5. The molecule has 0 aromatic carbocycles. The van der Waals surface area contributed by atoms with Crippen LogP contribution in [0.2, 0.25) is 0 Å². The Labute approximate surface area is 123 Å². The summed E-state index contributed by atoms with van der Waals surface area (Å²) < 4.78 is 23.3. The van der Waals surface area contributed by atoms with Gasteiger partial charge in [0.1, 0.15) is 10.8 Å². The predicted octanol–water partition coefficient (Wildman–Crippen LogP) is 0.0861. The highest BCUT2D eigenvalue weighted by Crippen LogP contribution is 2.46. The summed E-state index contributed by atoms with van der Waals surface area (Å²) in [4.78, 5) is 28.2. The third kappa shape index (κ3) is 1.85. The van der Waals surface area contributed by atoms with Crippen LogP contribution >= 0.6 is 12.4 Å². The largest absolute Gasteiger partial charge is 0.480 e. The van der Waals surface area contributed by atoms with Gasteiger partial charge < -0.3 is 10.0 Å². The summed E-state index contributed by atoms with van der Waals surface area (Å²) in [5.74, 6) is -1.84. The first-order valence-corrected chi connectivity index (χ1v) is 7.37. The number of hydrogen-bond donors (Lipinski definition) is 1. The number of halogens is 1. The van der Waals surface area contributed by atoms with E-state index >= 15 is 0 Å². The van der Waals surface area contributed by atoms with Gasteiger partial charge in [0, 0.05) is 5.71 Å². The van der Waals surface area contributed by atoms with Crippen LogP contribution in [0.4, 0.5) is 0 Å². The molecule has 0 spiro atoms. The van der Waals surface area contributed by atoms with Crippen molar-refractivity contribution in [1.29, 1.82) is 0 Å². The lowest BCUT2D eigenvalue weighted by molar-refractivity contribution is -0.159. The van der Waals surface area contributed by atoms with E-state index in [9.17, 15) is 23.1 Å². The zero-order chi connectivity index (χ0) is 14.7. The molecule has 0 aromatic rings. The molecule has 2 rings (SSSR count). The van der Waals surface area contributed by atoms with E-state index < -0.39 is 43.9 Å². The molecule has 0 radical (unpaired) electrons. The molecule has 1 amide bonds. The minimum absolute atomic E-state index is 0. The second kappa shape index (κ2) is 4.70. The lowest BCUT2D eigenvalue weighted by Crippen LogP contribution is -2.66. The molecule has 2 unspecified atom stereocenters. The summed E-state index contributed by atoms with van der Waals surface area (Å²) in [6, 6.07) is -2.35. The SMILES string of the molecule is CC(C)=NC1C(=O)N2C(C(=O)O)C(C)(C)S(=O)(=O)[C@@H]12.Cl. The van der Waals surface area contributed by atoms with Crippen LogP contribution in [0.3, 0.4) is 0 Å². The third-order valence-electron chi connectivity index (χ3n) is 3.67. The van der Waals surface area contributed by atoms with Crippen LogP contribution in [0.5, 0.6) is 0 Å². The molecule has 0 saturated carbocycles. The molecule has 3 atom stereocenters. The minimum Gasteiger partial charge on any atom is -0.480 e. The number of hydrogen-bond acceptors (Lipinski definition) is 5. The quantitative estimate of drug-likeness (QED) is 0.572. The Balaban J connectivity index is 0.00000200. The normalized spacial score (nSPS) is 32.7. The predicted molar refractivity (Wildman–Crippen MR) is 74.9 cm³/mol. The second-order valence-electron chi connectivity index (χ2n) is 5.55. The van der Waals surface area contributed by atoms with Crippen molar-refractivity contribution in [3.8, 4) is 0 Å². The summed E-state index contributed by atoms with van der Waals surface area (Å²) in [5.41, 5.74) is 0.588.